The van der Waals surface area contributed by atoms with Gasteiger partial charge in [-0.05, 0) is 57.5 Å². The predicted molar refractivity (Wildman–Crippen MR) is 94.8 cm³/mol. The molecule has 24 heavy (non-hydrogen) atoms. The molecule has 0 aromatic heterocycles. The van der Waals surface area contributed by atoms with Crippen molar-refractivity contribution in [3.8, 4) is 11.5 Å². The summed E-state index contributed by atoms with van der Waals surface area (Å²) in [6, 6.07) is 4.92. The first kappa shape index (κ1) is 18.3. The minimum absolute atomic E-state index is 0.0871. The van der Waals surface area contributed by atoms with E-state index in [1.54, 1.807) is 6.07 Å². The van der Waals surface area contributed by atoms with Gasteiger partial charge >= 0.3 is 0 Å². The van der Waals surface area contributed by atoms with Gasteiger partial charge in [0.25, 0.3) is 0 Å². The molecule has 1 saturated heterocycles. The molecule has 1 heterocycles. The lowest BCUT2D eigenvalue weighted by atomic mass is 9.94. The van der Waals surface area contributed by atoms with Gasteiger partial charge < -0.3 is 15.1 Å². The van der Waals surface area contributed by atoms with Gasteiger partial charge in [-0.25, -0.2) is 0 Å². The lowest BCUT2D eigenvalue weighted by molar-refractivity contribution is -0.136. The molecule has 1 aliphatic rings. The van der Waals surface area contributed by atoms with Crippen LogP contribution in [0.5, 0.6) is 11.5 Å². The number of likely N-dealkylation sites (N-methyl/N-ethyl adjacent to an activating group) is 1. The normalized spacial score (nSPS) is 16.1. The first-order valence-corrected chi connectivity index (χ1v) is 8.57. The molecule has 1 aromatic rings. The lowest BCUT2D eigenvalue weighted by Crippen LogP contribution is -2.42. The zero-order valence-electron chi connectivity index (χ0n) is 14.7. The van der Waals surface area contributed by atoms with Crippen LogP contribution in [-0.2, 0) is 11.3 Å². The number of rotatable bonds is 6. The molecular weight excluding hydrogens is 304 g/mol. The molecule has 0 radical (unpaired) electrons. The molecule has 2 rings (SSSR count). The highest BCUT2D eigenvalue weighted by molar-refractivity contribution is 5.79. The van der Waals surface area contributed by atoms with Gasteiger partial charge in [0.1, 0.15) is 0 Å². The number of amides is 1. The van der Waals surface area contributed by atoms with Crippen molar-refractivity contribution < 1.29 is 15.0 Å². The molecule has 0 spiro atoms. The number of piperidine rings is 1. The Morgan fingerprint density at radius 1 is 1.29 bits per heavy atom. The van der Waals surface area contributed by atoms with Crippen molar-refractivity contribution in [3.63, 3.8) is 0 Å². The van der Waals surface area contributed by atoms with Crippen LogP contribution in [0.15, 0.2) is 30.4 Å². The van der Waals surface area contributed by atoms with Crippen LogP contribution in [0.3, 0.4) is 0 Å². The van der Waals surface area contributed by atoms with Crippen molar-refractivity contribution in [1.82, 2.24) is 9.80 Å². The van der Waals surface area contributed by atoms with E-state index in [1.165, 1.54) is 6.07 Å². The van der Waals surface area contributed by atoms with Gasteiger partial charge in [0.05, 0.1) is 0 Å². The van der Waals surface area contributed by atoms with Gasteiger partial charge in [0.2, 0.25) is 5.91 Å². The Balaban J connectivity index is 1.87. The van der Waals surface area contributed by atoms with E-state index >= 15 is 0 Å². The summed E-state index contributed by atoms with van der Waals surface area (Å²) in [5.74, 6) is 0.146. The Morgan fingerprint density at radius 3 is 2.50 bits per heavy atom. The number of carbonyl (C=O) groups is 1. The third-order valence-electron chi connectivity index (χ3n) is 4.54. The summed E-state index contributed by atoms with van der Waals surface area (Å²) in [7, 11) is 0. The summed E-state index contributed by atoms with van der Waals surface area (Å²) < 4.78 is 0. The van der Waals surface area contributed by atoms with Crippen LogP contribution in [0.1, 0.15) is 32.3 Å². The average molecular weight is 332 g/mol. The lowest BCUT2D eigenvalue weighted by Gasteiger charge is -2.34. The van der Waals surface area contributed by atoms with E-state index in [1.807, 2.05) is 24.8 Å². The number of nitrogens with zero attached hydrogens (tertiary/aromatic N) is 2. The molecular formula is C19H28N2O3. The van der Waals surface area contributed by atoms with Gasteiger partial charge in [0.15, 0.2) is 11.5 Å². The van der Waals surface area contributed by atoms with Crippen LogP contribution >= 0.6 is 0 Å². The zero-order valence-corrected chi connectivity index (χ0v) is 14.7. The van der Waals surface area contributed by atoms with E-state index in [9.17, 15) is 15.0 Å². The maximum absolute atomic E-state index is 12.6. The second kappa shape index (κ2) is 8.20. The molecule has 132 valence electrons. The van der Waals surface area contributed by atoms with Crippen LogP contribution in [0.2, 0.25) is 0 Å². The topological polar surface area (TPSA) is 64.0 Å². The molecule has 0 aliphatic carbocycles. The smallest absolute Gasteiger partial charge is 0.226 e. The van der Waals surface area contributed by atoms with Crippen LogP contribution < -0.4 is 0 Å². The fourth-order valence-corrected chi connectivity index (χ4v) is 3.19. The number of hydrogen-bond donors (Lipinski definition) is 2. The van der Waals surface area contributed by atoms with Gasteiger partial charge in [-0.2, -0.15) is 0 Å². The Bertz CT molecular complexity index is 592. The zero-order chi connectivity index (χ0) is 17.7. The summed E-state index contributed by atoms with van der Waals surface area (Å²) in [5, 5.41) is 18.9. The van der Waals surface area contributed by atoms with E-state index in [0.29, 0.717) is 6.54 Å². The third-order valence-corrected chi connectivity index (χ3v) is 4.54. The van der Waals surface area contributed by atoms with Crippen LogP contribution in [0.25, 0.3) is 0 Å². The summed E-state index contributed by atoms with van der Waals surface area (Å²) in [4.78, 5) is 16.8. The maximum atomic E-state index is 12.6. The predicted octanol–water partition coefficient (Wildman–Crippen LogP) is 2.73. The maximum Gasteiger partial charge on any atom is 0.226 e. The number of phenolic OH excluding ortho intramolecular Hbond substituents is 2. The fourth-order valence-electron chi connectivity index (χ4n) is 3.19. The number of carbonyl (C=O) groups excluding carboxylic acids is 1. The number of phenols is 2. The van der Waals surface area contributed by atoms with E-state index in [2.05, 4.69) is 11.5 Å². The van der Waals surface area contributed by atoms with E-state index < -0.39 is 0 Å². The Kier molecular flexibility index (Phi) is 6.26. The molecule has 2 N–H and O–H groups in total. The van der Waals surface area contributed by atoms with Crippen molar-refractivity contribution in [2.24, 2.45) is 5.92 Å². The van der Waals surface area contributed by atoms with Gasteiger partial charge in [0, 0.05) is 25.6 Å². The standard InChI is InChI=1S/C19H28N2O3/c1-4-21(12-14(2)3)19(24)16-7-9-20(10-8-16)13-15-5-6-17(22)18(23)11-15/h5-6,11,16,22-23H,2,4,7-10,12-13H2,1,3H3. The van der Waals surface area contributed by atoms with Gasteiger partial charge in [-0.1, -0.05) is 18.2 Å². The molecule has 0 atom stereocenters. The van der Waals surface area contributed by atoms with Crippen molar-refractivity contribution in [3.05, 3.63) is 35.9 Å². The summed E-state index contributed by atoms with van der Waals surface area (Å²) in [5.41, 5.74) is 1.97. The second-order valence-electron chi connectivity index (χ2n) is 6.68. The largest absolute Gasteiger partial charge is 0.504 e. The van der Waals surface area contributed by atoms with Gasteiger partial charge in [-0.3, -0.25) is 9.69 Å². The monoisotopic (exact) mass is 332 g/mol. The molecule has 1 amide bonds. The highest BCUT2D eigenvalue weighted by Crippen LogP contribution is 2.27. The second-order valence-corrected chi connectivity index (χ2v) is 6.68. The molecule has 5 heteroatoms. The van der Waals surface area contributed by atoms with Crippen molar-refractivity contribution >= 4 is 5.91 Å². The molecule has 1 aromatic carbocycles. The average Bonchev–Trinajstić information content (AvgIpc) is 2.56. The van der Waals surface area contributed by atoms with Gasteiger partial charge in [-0.15, -0.1) is 0 Å². The highest BCUT2D eigenvalue weighted by Gasteiger charge is 2.28. The Labute approximate surface area is 144 Å². The molecule has 1 aliphatic heterocycles. The number of aromatic hydroxyl groups is 2. The third kappa shape index (κ3) is 4.74. The number of hydrogen-bond acceptors (Lipinski definition) is 4. The molecule has 0 saturated carbocycles. The fraction of sp³-hybridized carbons (Fsp3) is 0.526. The number of benzene rings is 1. The minimum atomic E-state index is -0.0970. The van der Waals surface area contributed by atoms with Crippen LogP contribution in [0, 0.1) is 5.92 Å². The summed E-state index contributed by atoms with van der Waals surface area (Å²) in [6.07, 6.45) is 1.71. The molecule has 0 unspecified atom stereocenters. The van der Waals surface area contributed by atoms with Crippen LogP contribution in [0.4, 0.5) is 0 Å². The van der Waals surface area contributed by atoms with E-state index in [4.69, 9.17) is 0 Å². The molecule has 5 nitrogen and oxygen atoms in total. The Morgan fingerprint density at radius 2 is 1.96 bits per heavy atom. The highest BCUT2D eigenvalue weighted by atomic mass is 16.3. The van der Waals surface area contributed by atoms with Crippen LogP contribution in [-0.4, -0.2) is 52.1 Å². The van der Waals surface area contributed by atoms with E-state index in [0.717, 1.165) is 50.2 Å². The van der Waals surface area contributed by atoms with Crippen molar-refractivity contribution in [2.75, 3.05) is 26.2 Å². The van der Waals surface area contributed by atoms with E-state index in [-0.39, 0.29) is 23.3 Å². The quantitative estimate of drug-likeness (QED) is 0.621. The molecule has 0 bridgehead atoms. The summed E-state index contributed by atoms with van der Waals surface area (Å²) in [6.45, 7) is 11.7. The first-order valence-electron chi connectivity index (χ1n) is 8.57. The first-order chi connectivity index (χ1) is 11.4. The molecule has 1 fully saturated rings. The number of likely N-dealkylation sites (tertiary alicyclic amines) is 1. The van der Waals surface area contributed by atoms with Crippen molar-refractivity contribution in [1.29, 1.82) is 0 Å². The SMILES string of the molecule is C=C(C)CN(CC)C(=O)C1CCN(Cc2ccc(O)c(O)c2)CC1. The Hall–Kier alpha value is -2.01. The minimum Gasteiger partial charge on any atom is -0.504 e. The van der Waals surface area contributed by atoms with Crippen molar-refractivity contribution in [2.45, 2.75) is 33.2 Å². The summed E-state index contributed by atoms with van der Waals surface area (Å²) >= 11 is 0.